The number of alkyl halides is 2. The van der Waals surface area contributed by atoms with Gasteiger partial charge >= 0.3 is 11.9 Å². The minimum Gasteiger partial charge on any atom is -0.478 e. The first-order valence-electron chi connectivity index (χ1n) is 8.26. The average molecular weight is 558 g/mol. The summed E-state index contributed by atoms with van der Waals surface area (Å²) in [6, 6.07) is 4.71. The Bertz CT molecular complexity index is 546. The monoisotopic (exact) mass is 558 g/mol. The molecule has 24 heavy (non-hydrogen) atoms. The summed E-state index contributed by atoms with van der Waals surface area (Å²) in [5, 5.41) is 18.5. The summed E-state index contributed by atoms with van der Waals surface area (Å²) in [6.07, 6.45) is 9.13. The number of carboxylic acids is 2. The maximum absolute atomic E-state index is 11.4. The van der Waals surface area contributed by atoms with E-state index in [1.54, 1.807) is 12.1 Å². The number of hydrogen-bond acceptors (Lipinski definition) is 2. The van der Waals surface area contributed by atoms with E-state index in [4.69, 9.17) is 5.11 Å². The highest BCUT2D eigenvalue weighted by Crippen LogP contribution is 2.23. The first-order valence-corrected chi connectivity index (χ1v) is 11.0. The number of rotatable bonds is 12. The van der Waals surface area contributed by atoms with E-state index in [0.717, 1.165) is 12.8 Å². The Morgan fingerprint density at radius 1 is 0.958 bits per heavy atom. The third-order valence-corrected chi connectivity index (χ3v) is 5.76. The molecule has 1 rings (SSSR count). The molecule has 0 fully saturated rings. The second kappa shape index (κ2) is 12.1. The maximum atomic E-state index is 11.4. The Hall–Kier alpha value is -0.380. The van der Waals surface area contributed by atoms with Crippen LogP contribution in [0.4, 0.5) is 0 Å². The van der Waals surface area contributed by atoms with Gasteiger partial charge < -0.3 is 10.2 Å². The molecule has 6 heteroatoms. The molecule has 0 aliphatic rings. The van der Waals surface area contributed by atoms with Crippen LogP contribution in [0.25, 0.3) is 0 Å². The molecule has 0 aromatic heterocycles. The van der Waals surface area contributed by atoms with Crippen molar-refractivity contribution in [3.8, 4) is 0 Å². The van der Waals surface area contributed by atoms with Gasteiger partial charge in [-0.2, -0.15) is 0 Å². The van der Waals surface area contributed by atoms with Crippen LogP contribution in [-0.4, -0.2) is 30.5 Å². The molecule has 0 aliphatic heterocycles. The third kappa shape index (κ3) is 7.67. The van der Waals surface area contributed by atoms with E-state index in [9.17, 15) is 14.7 Å². The minimum atomic E-state index is -1.19. The maximum Gasteiger partial charge on any atom is 0.336 e. The molecule has 1 aromatic carbocycles. The molecule has 0 spiro atoms. The number of hydrogen-bond donors (Lipinski definition) is 2. The summed E-state index contributed by atoms with van der Waals surface area (Å²) in [5.41, 5.74) is 0.424. The smallest absolute Gasteiger partial charge is 0.336 e. The summed E-state index contributed by atoms with van der Waals surface area (Å²) in [7, 11) is 0. The van der Waals surface area contributed by atoms with Gasteiger partial charge in [0.2, 0.25) is 0 Å². The molecule has 134 valence electrons. The summed E-state index contributed by atoms with van der Waals surface area (Å²) in [6.45, 7) is 0. The van der Waals surface area contributed by atoms with E-state index in [1.807, 2.05) is 0 Å². The first kappa shape index (κ1) is 21.7. The average Bonchev–Trinajstić information content (AvgIpc) is 2.53. The van der Waals surface area contributed by atoms with Gasteiger partial charge in [0.25, 0.3) is 0 Å². The second-order valence-electron chi connectivity index (χ2n) is 5.85. The van der Waals surface area contributed by atoms with E-state index >= 15 is 0 Å². The second-order valence-corrected chi connectivity index (χ2v) is 8.69. The van der Waals surface area contributed by atoms with Crippen molar-refractivity contribution >= 4 is 57.1 Å². The predicted octanol–water partition coefficient (Wildman–Crippen LogP) is 5.59. The van der Waals surface area contributed by atoms with Gasteiger partial charge in [-0.25, -0.2) is 9.59 Å². The van der Waals surface area contributed by atoms with Gasteiger partial charge in [0, 0.05) is 3.92 Å². The number of unbranched alkanes of at least 4 members (excludes halogenated alkanes) is 5. The molecule has 0 saturated heterocycles. The highest BCUT2D eigenvalue weighted by molar-refractivity contribution is 14.1. The lowest BCUT2D eigenvalue weighted by atomic mass is 9.96. The van der Waals surface area contributed by atoms with Gasteiger partial charge in [0.05, 0.1) is 11.1 Å². The predicted molar refractivity (Wildman–Crippen MR) is 113 cm³/mol. The molecule has 1 unspecified atom stereocenters. The van der Waals surface area contributed by atoms with Crippen molar-refractivity contribution in [1.82, 2.24) is 0 Å². The molecule has 0 radical (unpaired) electrons. The van der Waals surface area contributed by atoms with Crippen LogP contribution in [0.1, 0.15) is 71.2 Å². The van der Waals surface area contributed by atoms with Gasteiger partial charge in [0.1, 0.15) is 0 Å². The van der Waals surface area contributed by atoms with Crippen LogP contribution in [0.3, 0.4) is 0 Å². The lowest BCUT2D eigenvalue weighted by Gasteiger charge is -2.13. The molecule has 4 nitrogen and oxygen atoms in total. The van der Waals surface area contributed by atoms with Crippen molar-refractivity contribution in [2.24, 2.45) is 0 Å². The highest BCUT2D eigenvalue weighted by atomic mass is 127. The van der Waals surface area contributed by atoms with Crippen molar-refractivity contribution in [1.29, 1.82) is 0 Å². The topological polar surface area (TPSA) is 74.6 Å². The Kier molecular flexibility index (Phi) is 10.9. The van der Waals surface area contributed by atoms with E-state index in [1.165, 1.54) is 42.6 Å². The number of carboxylic acid groups (broad SMARTS) is 2. The van der Waals surface area contributed by atoms with Gasteiger partial charge in [-0.1, -0.05) is 89.4 Å². The van der Waals surface area contributed by atoms with Crippen molar-refractivity contribution in [2.45, 2.75) is 55.3 Å². The largest absolute Gasteiger partial charge is 0.478 e. The molecule has 0 saturated carbocycles. The summed E-state index contributed by atoms with van der Waals surface area (Å²) >= 11 is 4.76. The van der Waals surface area contributed by atoms with Gasteiger partial charge in [-0.05, 0) is 35.3 Å². The molecule has 0 amide bonds. The summed E-state index contributed by atoms with van der Waals surface area (Å²) in [5.74, 6) is -2.35. The van der Waals surface area contributed by atoms with E-state index < -0.39 is 11.9 Å². The van der Waals surface area contributed by atoms with Gasteiger partial charge in [0.15, 0.2) is 0 Å². The van der Waals surface area contributed by atoms with Crippen LogP contribution < -0.4 is 0 Å². The summed E-state index contributed by atoms with van der Waals surface area (Å²) in [4.78, 5) is 22.7. The zero-order valence-corrected chi connectivity index (χ0v) is 18.0. The number of benzene rings is 1. The van der Waals surface area contributed by atoms with E-state index in [2.05, 4.69) is 45.2 Å². The molecular weight excluding hydrogens is 534 g/mol. The molecule has 1 atom stereocenters. The van der Waals surface area contributed by atoms with Crippen LogP contribution in [0, 0.1) is 0 Å². The van der Waals surface area contributed by atoms with Crippen LogP contribution in [0.2, 0.25) is 0 Å². The van der Waals surface area contributed by atoms with Crippen LogP contribution in [0.15, 0.2) is 18.2 Å². The lowest BCUT2D eigenvalue weighted by Crippen LogP contribution is -2.14. The minimum absolute atomic E-state index is 0.0644. The van der Waals surface area contributed by atoms with Crippen LogP contribution >= 0.6 is 45.2 Å². The van der Waals surface area contributed by atoms with E-state index in [-0.39, 0.29) is 11.1 Å². The summed E-state index contributed by atoms with van der Waals surface area (Å²) < 4.78 is 1.55. The Labute approximate surface area is 170 Å². The van der Waals surface area contributed by atoms with Crippen LogP contribution in [-0.2, 0) is 6.42 Å². The number of halogens is 2. The SMILES string of the molecule is O=C(O)c1cccc(CC(I)CCCCCCCCI)c1C(=O)O. The van der Waals surface area contributed by atoms with Crippen LogP contribution in [0.5, 0.6) is 0 Å². The van der Waals surface area contributed by atoms with Crippen molar-refractivity contribution in [3.63, 3.8) is 0 Å². The normalized spacial score (nSPS) is 12.1. The van der Waals surface area contributed by atoms with Crippen molar-refractivity contribution in [3.05, 3.63) is 34.9 Å². The highest BCUT2D eigenvalue weighted by Gasteiger charge is 2.21. The van der Waals surface area contributed by atoms with Crippen molar-refractivity contribution < 1.29 is 19.8 Å². The zero-order valence-electron chi connectivity index (χ0n) is 13.6. The molecule has 0 heterocycles. The molecular formula is C18H24I2O4. The van der Waals surface area contributed by atoms with Crippen molar-refractivity contribution in [2.75, 3.05) is 4.43 Å². The fourth-order valence-corrected chi connectivity index (χ4v) is 4.16. The Morgan fingerprint density at radius 3 is 2.17 bits per heavy atom. The molecule has 0 bridgehead atoms. The number of aromatic carboxylic acids is 2. The first-order chi connectivity index (χ1) is 11.5. The molecule has 2 N–H and O–H groups in total. The number of carbonyl (C=O) groups is 2. The standard InChI is InChI=1S/C18H24I2O4/c19-11-6-4-2-1-3-5-9-14(20)12-13-8-7-10-15(17(21)22)16(13)18(23)24/h7-8,10,14H,1-6,9,11-12H2,(H,21,22)(H,23,24). The fraction of sp³-hybridized carbons (Fsp3) is 0.556. The third-order valence-electron chi connectivity index (χ3n) is 3.94. The van der Waals surface area contributed by atoms with E-state index in [0.29, 0.717) is 15.9 Å². The lowest BCUT2D eigenvalue weighted by molar-refractivity contribution is 0.0650. The Morgan fingerprint density at radius 2 is 1.58 bits per heavy atom. The quantitative estimate of drug-likeness (QED) is 0.199. The fourth-order valence-electron chi connectivity index (χ4n) is 2.71. The molecule has 0 aliphatic carbocycles. The molecule has 1 aromatic rings. The van der Waals surface area contributed by atoms with Gasteiger partial charge in [-0.3, -0.25) is 0 Å². The zero-order chi connectivity index (χ0) is 17.9. The Balaban J connectivity index is 2.52. The van der Waals surface area contributed by atoms with Gasteiger partial charge in [-0.15, -0.1) is 0 Å².